The van der Waals surface area contributed by atoms with Crippen molar-refractivity contribution in [1.82, 2.24) is 4.90 Å². The number of hydrogen-bond acceptors (Lipinski definition) is 2. The minimum absolute atomic E-state index is 0.381. The smallest absolute Gasteiger partial charge is 0.407 e. The average molecular weight is 173 g/mol. The first-order valence-electron chi connectivity index (χ1n) is 3.96. The molecule has 0 saturated heterocycles. The average Bonchev–Trinajstić information content (AvgIpc) is 2.04. The highest BCUT2D eigenvalue weighted by atomic mass is 16.5. The van der Waals surface area contributed by atoms with Gasteiger partial charge in [0.25, 0.3) is 0 Å². The van der Waals surface area contributed by atoms with Crippen molar-refractivity contribution in [3.05, 3.63) is 12.3 Å². The summed E-state index contributed by atoms with van der Waals surface area (Å²) in [6.07, 6.45) is 2.30. The largest absolute Gasteiger partial charge is 0.502 e. The van der Waals surface area contributed by atoms with Crippen molar-refractivity contribution in [2.75, 3.05) is 19.7 Å². The molecule has 1 N–H and O–H groups in total. The van der Waals surface area contributed by atoms with Gasteiger partial charge in [0.15, 0.2) is 0 Å². The summed E-state index contributed by atoms with van der Waals surface area (Å²) < 4.78 is 4.91. The molecule has 0 spiro atoms. The van der Waals surface area contributed by atoms with Crippen molar-refractivity contribution in [1.29, 1.82) is 0 Å². The number of nitrogens with zero attached hydrogens (tertiary/aromatic N) is 1. The molecule has 1 amide bonds. The SMILES string of the molecule is CCOC=CCN(CC)C(=O)O. The van der Waals surface area contributed by atoms with E-state index in [9.17, 15) is 4.79 Å². The van der Waals surface area contributed by atoms with E-state index in [4.69, 9.17) is 9.84 Å². The van der Waals surface area contributed by atoms with E-state index in [2.05, 4.69) is 0 Å². The van der Waals surface area contributed by atoms with Crippen molar-refractivity contribution >= 4 is 6.09 Å². The lowest BCUT2D eigenvalue weighted by Gasteiger charge is -2.13. The predicted molar refractivity (Wildman–Crippen MR) is 46.0 cm³/mol. The van der Waals surface area contributed by atoms with Gasteiger partial charge < -0.3 is 14.7 Å². The summed E-state index contributed by atoms with van der Waals surface area (Å²) in [6.45, 7) is 5.15. The Kier molecular flexibility index (Phi) is 5.87. The molecule has 0 fully saturated rings. The van der Waals surface area contributed by atoms with Gasteiger partial charge in [0, 0.05) is 13.1 Å². The van der Waals surface area contributed by atoms with E-state index in [0.29, 0.717) is 19.7 Å². The van der Waals surface area contributed by atoms with Gasteiger partial charge in [-0.2, -0.15) is 0 Å². The first-order chi connectivity index (χ1) is 5.72. The highest BCUT2D eigenvalue weighted by Gasteiger charge is 2.04. The van der Waals surface area contributed by atoms with Crippen LogP contribution in [0, 0.1) is 0 Å². The summed E-state index contributed by atoms with van der Waals surface area (Å²) in [5.41, 5.74) is 0. The van der Waals surface area contributed by atoms with E-state index < -0.39 is 6.09 Å². The van der Waals surface area contributed by atoms with E-state index in [1.54, 1.807) is 13.0 Å². The van der Waals surface area contributed by atoms with Gasteiger partial charge in [0.1, 0.15) is 0 Å². The predicted octanol–water partition coefficient (Wildman–Crippen LogP) is 1.54. The van der Waals surface area contributed by atoms with E-state index >= 15 is 0 Å². The second-order valence-electron chi connectivity index (χ2n) is 2.15. The molecule has 70 valence electrons. The van der Waals surface area contributed by atoms with Crippen molar-refractivity contribution in [2.45, 2.75) is 13.8 Å². The number of amides is 1. The van der Waals surface area contributed by atoms with Gasteiger partial charge in [-0.3, -0.25) is 0 Å². The molecule has 4 heteroatoms. The Labute approximate surface area is 72.4 Å². The Morgan fingerprint density at radius 3 is 2.67 bits per heavy atom. The van der Waals surface area contributed by atoms with Gasteiger partial charge in [-0.05, 0) is 19.9 Å². The maximum Gasteiger partial charge on any atom is 0.407 e. The number of likely N-dealkylation sites (N-methyl/N-ethyl adjacent to an activating group) is 1. The quantitative estimate of drug-likeness (QED) is 0.641. The number of carboxylic acid groups (broad SMARTS) is 1. The maximum atomic E-state index is 10.4. The fraction of sp³-hybridized carbons (Fsp3) is 0.625. The summed E-state index contributed by atoms with van der Waals surface area (Å²) in [4.78, 5) is 11.7. The summed E-state index contributed by atoms with van der Waals surface area (Å²) in [6, 6.07) is 0. The Morgan fingerprint density at radius 2 is 2.25 bits per heavy atom. The minimum Gasteiger partial charge on any atom is -0.502 e. The van der Waals surface area contributed by atoms with Crippen molar-refractivity contribution < 1.29 is 14.6 Å². The number of ether oxygens (including phenoxy) is 1. The van der Waals surface area contributed by atoms with Crippen molar-refractivity contribution in [3.63, 3.8) is 0 Å². The minimum atomic E-state index is -0.904. The van der Waals surface area contributed by atoms with Gasteiger partial charge in [-0.15, -0.1) is 0 Å². The summed E-state index contributed by atoms with van der Waals surface area (Å²) in [5.74, 6) is 0. The molecule has 0 atom stereocenters. The van der Waals surface area contributed by atoms with Gasteiger partial charge in [0.05, 0.1) is 12.9 Å². The molecule has 0 radical (unpaired) electrons. The van der Waals surface area contributed by atoms with Crippen LogP contribution in [-0.2, 0) is 4.74 Å². The molecule has 0 unspecified atom stereocenters. The van der Waals surface area contributed by atoms with E-state index in [1.807, 2.05) is 6.92 Å². The fourth-order valence-electron chi connectivity index (χ4n) is 0.677. The van der Waals surface area contributed by atoms with Crippen LogP contribution in [0.2, 0.25) is 0 Å². The molecule has 0 bridgehead atoms. The second-order valence-corrected chi connectivity index (χ2v) is 2.15. The lowest BCUT2D eigenvalue weighted by Crippen LogP contribution is -2.29. The third-order valence-corrected chi connectivity index (χ3v) is 1.34. The molecule has 0 aromatic rings. The van der Waals surface area contributed by atoms with E-state index in [0.717, 1.165) is 0 Å². The highest BCUT2D eigenvalue weighted by molar-refractivity contribution is 5.65. The van der Waals surface area contributed by atoms with Gasteiger partial charge in [0.2, 0.25) is 0 Å². The molecular weight excluding hydrogens is 158 g/mol. The molecule has 0 heterocycles. The Hall–Kier alpha value is -1.19. The number of hydrogen-bond donors (Lipinski definition) is 1. The zero-order chi connectivity index (χ0) is 9.40. The molecule has 4 nitrogen and oxygen atoms in total. The van der Waals surface area contributed by atoms with Crippen LogP contribution >= 0.6 is 0 Å². The zero-order valence-electron chi connectivity index (χ0n) is 7.49. The van der Waals surface area contributed by atoms with Crippen molar-refractivity contribution in [2.24, 2.45) is 0 Å². The van der Waals surface area contributed by atoms with Crippen LogP contribution in [-0.4, -0.2) is 35.8 Å². The topological polar surface area (TPSA) is 49.8 Å². The zero-order valence-corrected chi connectivity index (χ0v) is 7.49. The highest BCUT2D eigenvalue weighted by Crippen LogP contribution is 1.89. The van der Waals surface area contributed by atoms with E-state index in [1.165, 1.54) is 11.2 Å². The van der Waals surface area contributed by atoms with Crippen LogP contribution < -0.4 is 0 Å². The van der Waals surface area contributed by atoms with Gasteiger partial charge in [-0.1, -0.05) is 0 Å². The molecule has 0 aliphatic carbocycles. The molecule has 12 heavy (non-hydrogen) atoms. The molecule has 0 aromatic carbocycles. The molecule has 0 aliphatic rings. The number of rotatable bonds is 5. The first kappa shape index (κ1) is 10.8. The van der Waals surface area contributed by atoms with Gasteiger partial charge in [-0.25, -0.2) is 4.79 Å². The van der Waals surface area contributed by atoms with Crippen LogP contribution in [0.5, 0.6) is 0 Å². The lowest BCUT2D eigenvalue weighted by molar-refractivity contribution is 0.152. The standard InChI is InChI=1S/C8H15NO3/c1-3-9(8(10)11)6-5-7-12-4-2/h5,7H,3-4,6H2,1-2H3,(H,10,11). The second kappa shape index (κ2) is 6.52. The number of carbonyl (C=O) groups is 1. The molecule has 0 aliphatic heterocycles. The van der Waals surface area contributed by atoms with Crippen LogP contribution in [0.25, 0.3) is 0 Å². The maximum absolute atomic E-state index is 10.4. The van der Waals surface area contributed by atoms with Crippen LogP contribution in [0.4, 0.5) is 4.79 Å². The van der Waals surface area contributed by atoms with Crippen LogP contribution in [0.15, 0.2) is 12.3 Å². The summed E-state index contributed by atoms with van der Waals surface area (Å²) in [7, 11) is 0. The van der Waals surface area contributed by atoms with Crippen molar-refractivity contribution in [3.8, 4) is 0 Å². The Bertz CT molecular complexity index is 156. The molecular formula is C8H15NO3. The van der Waals surface area contributed by atoms with Gasteiger partial charge >= 0.3 is 6.09 Å². The first-order valence-corrected chi connectivity index (χ1v) is 3.96. The third-order valence-electron chi connectivity index (χ3n) is 1.34. The van der Waals surface area contributed by atoms with E-state index in [-0.39, 0.29) is 0 Å². The Balaban J connectivity index is 3.64. The molecule has 0 aromatic heterocycles. The molecule has 0 rings (SSSR count). The van der Waals surface area contributed by atoms with Crippen LogP contribution in [0.1, 0.15) is 13.8 Å². The lowest BCUT2D eigenvalue weighted by atomic mass is 10.5. The fourth-order valence-corrected chi connectivity index (χ4v) is 0.677. The third kappa shape index (κ3) is 4.60. The molecule has 0 saturated carbocycles. The summed E-state index contributed by atoms with van der Waals surface area (Å²) >= 11 is 0. The monoisotopic (exact) mass is 173 g/mol. The normalized spacial score (nSPS) is 10.2. The summed E-state index contributed by atoms with van der Waals surface area (Å²) in [5, 5.41) is 8.58. The van der Waals surface area contributed by atoms with Crippen LogP contribution in [0.3, 0.4) is 0 Å². The Morgan fingerprint density at radius 1 is 1.58 bits per heavy atom.